The summed E-state index contributed by atoms with van der Waals surface area (Å²) in [6, 6.07) is 4.44. The Kier molecular flexibility index (Phi) is 8.08. The van der Waals surface area contributed by atoms with Crippen molar-refractivity contribution in [2.24, 2.45) is 0 Å². The van der Waals surface area contributed by atoms with Crippen LogP contribution in [0.3, 0.4) is 0 Å². The second kappa shape index (κ2) is 10.1. The number of sulfonamides is 1. The molecule has 0 radical (unpaired) electrons. The highest BCUT2D eigenvalue weighted by atomic mass is 32.2. The van der Waals surface area contributed by atoms with E-state index in [-0.39, 0.29) is 30.9 Å². The smallest absolute Gasteiger partial charge is 0.211 e. The number of methoxy groups -OCH3 is 1. The van der Waals surface area contributed by atoms with Gasteiger partial charge in [0.15, 0.2) is 11.6 Å². The summed E-state index contributed by atoms with van der Waals surface area (Å²) in [6.07, 6.45) is 4.48. The van der Waals surface area contributed by atoms with Crippen LogP contribution in [0.1, 0.15) is 37.7 Å². The van der Waals surface area contributed by atoms with Crippen molar-refractivity contribution in [2.45, 2.75) is 44.8 Å². The monoisotopic (exact) mass is 375 g/mol. The van der Waals surface area contributed by atoms with Gasteiger partial charge in [-0.2, -0.15) is 0 Å². The number of rotatable bonds is 11. The van der Waals surface area contributed by atoms with Crippen LogP contribution in [-0.4, -0.2) is 40.8 Å². The molecule has 0 amide bonds. The van der Waals surface area contributed by atoms with Crippen LogP contribution in [0, 0.1) is 5.82 Å². The van der Waals surface area contributed by atoms with E-state index in [9.17, 15) is 12.8 Å². The van der Waals surface area contributed by atoms with Crippen molar-refractivity contribution in [1.82, 2.24) is 4.72 Å². The summed E-state index contributed by atoms with van der Waals surface area (Å²) in [5.74, 6) is -0.269. The molecule has 1 saturated carbocycles. The molecule has 142 valence electrons. The standard InChI is InChI=1S/C17H26FNO5S/c1-22-13-23-9-4-10-25(20,21)19-12-14-7-8-16(18)17(11-14)24-15-5-2-3-6-15/h7-8,11,15,19H,2-6,9-10,12-13H2,1H3. The van der Waals surface area contributed by atoms with Crippen LogP contribution in [-0.2, 0) is 26.0 Å². The summed E-state index contributed by atoms with van der Waals surface area (Å²) in [5, 5.41) is 0. The van der Waals surface area contributed by atoms with Crippen LogP contribution in [0.2, 0.25) is 0 Å². The maximum atomic E-state index is 13.9. The van der Waals surface area contributed by atoms with E-state index < -0.39 is 15.8 Å². The van der Waals surface area contributed by atoms with Crippen LogP contribution in [0.5, 0.6) is 5.75 Å². The minimum Gasteiger partial charge on any atom is -0.487 e. The first-order valence-corrected chi connectivity index (χ1v) is 10.1. The lowest BCUT2D eigenvalue weighted by molar-refractivity contribution is -0.0298. The van der Waals surface area contributed by atoms with Crippen molar-refractivity contribution in [3.05, 3.63) is 29.6 Å². The Morgan fingerprint density at radius 1 is 1.28 bits per heavy atom. The van der Waals surface area contributed by atoms with Crippen LogP contribution in [0.15, 0.2) is 18.2 Å². The van der Waals surface area contributed by atoms with E-state index in [1.165, 1.54) is 13.2 Å². The first-order valence-electron chi connectivity index (χ1n) is 8.49. The summed E-state index contributed by atoms with van der Waals surface area (Å²) >= 11 is 0. The number of ether oxygens (including phenoxy) is 3. The third-order valence-corrected chi connectivity index (χ3v) is 5.40. The zero-order valence-electron chi connectivity index (χ0n) is 14.5. The van der Waals surface area contributed by atoms with E-state index in [0.717, 1.165) is 25.7 Å². The first-order chi connectivity index (χ1) is 12.0. The third-order valence-electron chi connectivity index (χ3n) is 3.99. The fourth-order valence-corrected chi connectivity index (χ4v) is 3.72. The molecule has 0 bridgehead atoms. The molecule has 6 nitrogen and oxygen atoms in total. The average Bonchev–Trinajstić information content (AvgIpc) is 3.08. The zero-order chi connectivity index (χ0) is 18.1. The molecule has 1 N–H and O–H groups in total. The van der Waals surface area contributed by atoms with E-state index in [1.807, 2.05) is 0 Å². The minimum atomic E-state index is -3.42. The fourth-order valence-electron chi connectivity index (χ4n) is 2.69. The highest BCUT2D eigenvalue weighted by Gasteiger charge is 2.18. The lowest BCUT2D eigenvalue weighted by atomic mass is 10.2. The van der Waals surface area contributed by atoms with E-state index >= 15 is 0 Å². The second-order valence-electron chi connectivity index (χ2n) is 6.10. The van der Waals surface area contributed by atoms with Crippen molar-refractivity contribution in [2.75, 3.05) is 26.3 Å². The van der Waals surface area contributed by atoms with Gasteiger partial charge in [-0.1, -0.05) is 6.07 Å². The second-order valence-corrected chi connectivity index (χ2v) is 8.02. The van der Waals surface area contributed by atoms with Crippen molar-refractivity contribution in [3.63, 3.8) is 0 Å². The molecule has 25 heavy (non-hydrogen) atoms. The predicted molar refractivity (Wildman–Crippen MR) is 92.4 cm³/mol. The normalized spacial score (nSPS) is 15.6. The zero-order valence-corrected chi connectivity index (χ0v) is 15.3. The van der Waals surface area contributed by atoms with Crippen LogP contribution >= 0.6 is 0 Å². The van der Waals surface area contributed by atoms with Gasteiger partial charge in [0.1, 0.15) is 6.79 Å². The molecule has 0 unspecified atom stereocenters. The van der Waals surface area contributed by atoms with Gasteiger partial charge in [0, 0.05) is 13.7 Å². The molecular formula is C17H26FNO5S. The Labute approximate surface area is 148 Å². The van der Waals surface area contributed by atoms with Crippen LogP contribution < -0.4 is 9.46 Å². The van der Waals surface area contributed by atoms with Gasteiger partial charge in [-0.05, 0) is 49.8 Å². The van der Waals surface area contributed by atoms with Gasteiger partial charge in [0.05, 0.1) is 18.5 Å². The van der Waals surface area contributed by atoms with Gasteiger partial charge < -0.3 is 14.2 Å². The van der Waals surface area contributed by atoms with Crippen LogP contribution in [0.25, 0.3) is 0 Å². The highest BCUT2D eigenvalue weighted by Crippen LogP contribution is 2.26. The fraction of sp³-hybridized carbons (Fsp3) is 0.647. The quantitative estimate of drug-likeness (QED) is 0.475. The molecular weight excluding hydrogens is 349 g/mol. The molecule has 1 aromatic carbocycles. The lowest BCUT2D eigenvalue weighted by Crippen LogP contribution is -2.26. The molecule has 1 aliphatic carbocycles. The van der Waals surface area contributed by atoms with Gasteiger partial charge in [0.2, 0.25) is 10.0 Å². The number of hydrogen-bond acceptors (Lipinski definition) is 5. The Morgan fingerprint density at radius 2 is 2.04 bits per heavy atom. The van der Waals surface area contributed by atoms with E-state index in [2.05, 4.69) is 4.72 Å². The Morgan fingerprint density at radius 3 is 2.76 bits per heavy atom. The van der Waals surface area contributed by atoms with Crippen LogP contribution in [0.4, 0.5) is 4.39 Å². The molecule has 1 aromatic rings. The lowest BCUT2D eigenvalue weighted by Gasteiger charge is -2.15. The van der Waals surface area contributed by atoms with Crippen molar-refractivity contribution in [1.29, 1.82) is 0 Å². The number of benzene rings is 1. The molecule has 2 rings (SSSR count). The number of halogens is 1. The Bertz CT molecular complexity index is 632. The maximum Gasteiger partial charge on any atom is 0.211 e. The minimum absolute atomic E-state index is 0.0384. The molecule has 0 atom stereocenters. The first kappa shape index (κ1) is 20.1. The highest BCUT2D eigenvalue weighted by molar-refractivity contribution is 7.89. The van der Waals surface area contributed by atoms with Crippen molar-refractivity contribution >= 4 is 10.0 Å². The van der Waals surface area contributed by atoms with Gasteiger partial charge in [0.25, 0.3) is 0 Å². The van der Waals surface area contributed by atoms with Crippen molar-refractivity contribution in [3.8, 4) is 5.75 Å². The summed E-state index contributed by atoms with van der Waals surface area (Å²) in [6.45, 7) is 0.556. The molecule has 0 spiro atoms. The maximum absolute atomic E-state index is 13.9. The van der Waals surface area contributed by atoms with Gasteiger partial charge in [-0.3, -0.25) is 0 Å². The van der Waals surface area contributed by atoms with Gasteiger partial charge in [-0.25, -0.2) is 17.5 Å². The number of nitrogens with one attached hydrogen (secondary N) is 1. The van der Waals surface area contributed by atoms with E-state index in [0.29, 0.717) is 18.6 Å². The average molecular weight is 375 g/mol. The molecule has 0 heterocycles. The Hall–Kier alpha value is -1.22. The SMILES string of the molecule is COCOCCCS(=O)(=O)NCc1ccc(F)c(OC2CCCC2)c1. The van der Waals surface area contributed by atoms with E-state index in [4.69, 9.17) is 14.2 Å². The molecule has 0 aromatic heterocycles. The molecule has 0 saturated heterocycles. The molecule has 8 heteroatoms. The summed E-state index contributed by atoms with van der Waals surface area (Å²) < 4.78 is 55.8. The number of hydrogen-bond donors (Lipinski definition) is 1. The summed E-state index contributed by atoms with van der Waals surface area (Å²) in [7, 11) is -1.91. The van der Waals surface area contributed by atoms with Crippen molar-refractivity contribution < 1.29 is 27.0 Å². The third kappa shape index (κ3) is 7.27. The summed E-state index contributed by atoms with van der Waals surface area (Å²) in [4.78, 5) is 0. The van der Waals surface area contributed by atoms with E-state index in [1.54, 1.807) is 12.1 Å². The predicted octanol–water partition coefficient (Wildman–Crippen LogP) is 2.58. The molecule has 0 aliphatic heterocycles. The molecule has 1 fully saturated rings. The Balaban J connectivity index is 1.82. The topological polar surface area (TPSA) is 73.9 Å². The van der Waals surface area contributed by atoms with Gasteiger partial charge >= 0.3 is 0 Å². The largest absolute Gasteiger partial charge is 0.487 e. The van der Waals surface area contributed by atoms with Gasteiger partial charge in [-0.15, -0.1) is 0 Å². The molecule has 1 aliphatic rings. The summed E-state index contributed by atoms with van der Waals surface area (Å²) in [5.41, 5.74) is 0.661.